The molecule has 1 aromatic carbocycles. The summed E-state index contributed by atoms with van der Waals surface area (Å²) < 4.78 is 0. The van der Waals surface area contributed by atoms with Crippen LogP contribution in [0.5, 0.6) is 0 Å². The first-order chi connectivity index (χ1) is 9.26. The SMILES string of the molecule is CCN(CC)CCSc1ccc(N)c2cnccc12. The molecule has 0 saturated carbocycles. The molecular weight excluding hydrogens is 254 g/mol. The molecule has 0 saturated heterocycles. The minimum atomic E-state index is 0.802. The van der Waals surface area contributed by atoms with Crippen molar-refractivity contribution >= 4 is 28.2 Å². The molecule has 0 radical (unpaired) electrons. The van der Waals surface area contributed by atoms with Crippen LogP contribution in [0.3, 0.4) is 0 Å². The Hall–Kier alpha value is -1.26. The van der Waals surface area contributed by atoms with Crippen LogP contribution in [-0.2, 0) is 0 Å². The van der Waals surface area contributed by atoms with Crippen molar-refractivity contribution in [1.29, 1.82) is 0 Å². The van der Waals surface area contributed by atoms with E-state index in [-0.39, 0.29) is 0 Å². The number of aromatic nitrogens is 1. The van der Waals surface area contributed by atoms with Crippen LogP contribution in [0.4, 0.5) is 5.69 Å². The summed E-state index contributed by atoms with van der Waals surface area (Å²) in [4.78, 5) is 7.88. The largest absolute Gasteiger partial charge is 0.398 e. The van der Waals surface area contributed by atoms with Crippen molar-refractivity contribution in [1.82, 2.24) is 9.88 Å². The minimum Gasteiger partial charge on any atom is -0.398 e. The molecule has 0 aliphatic rings. The Labute approximate surface area is 119 Å². The molecule has 0 spiro atoms. The summed E-state index contributed by atoms with van der Waals surface area (Å²) in [7, 11) is 0. The minimum absolute atomic E-state index is 0.802. The molecule has 2 N–H and O–H groups in total. The lowest BCUT2D eigenvalue weighted by molar-refractivity contribution is 0.324. The predicted octanol–water partition coefficient (Wildman–Crippen LogP) is 3.25. The number of rotatable bonds is 6. The number of nitrogen functional groups attached to an aromatic ring is 1. The third-order valence-corrected chi connectivity index (χ3v) is 4.43. The van der Waals surface area contributed by atoms with E-state index >= 15 is 0 Å². The topological polar surface area (TPSA) is 42.1 Å². The fourth-order valence-corrected chi connectivity index (χ4v) is 3.20. The van der Waals surface area contributed by atoms with E-state index in [1.165, 1.54) is 10.3 Å². The molecule has 0 amide bonds. The van der Waals surface area contributed by atoms with Crippen LogP contribution in [-0.4, -0.2) is 35.3 Å². The Morgan fingerprint density at radius 3 is 2.68 bits per heavy atom. The lowest BCUT2D eigenvalue weighted by Gasteiger charge is -2.17. The van der Waals surface area contributed by atoms with Gasteiger partial charge in [-0.3, -0.25) is 4.98 Å². The summed E-state index contributed by atoms with van der Waals surface area (Å²) in [5.74, 6) is 1.10. The van der Waals surface area contributed by atoms with E-state index in [0.29, 0.717) is 0 Å². The number of hydrogen-bond donors (Lipinski definition) is 1. The molecule has 4 heteroatoms. The summed E-state index contributed by atoms with van der Waals surface area (Å²) in [5, 5.41) is 2.26. The maximum Gasteiger partial charge on any atom is 0.0410 e. The Balaban J connectivity index is 2.11. The molecule has 2 aromatic rings. The van der Waals surface area contributed by atoms with Crippen LogP contribution in [0.2, 0.25) is 0 Å². The van der Waals surface area contributed by atoms with Crippen molar-refractivity contribution in [2.45, 2.75) is 18.7 Å². The van der Waals surface area contributed by atoms with Gasteiger partial charge in [0.05, 0.1) is 0 Å². The number of fused-ring (bicyclic) bond motifs is 1. The molecule has 19 heavy (non-hydrogen) atoms. The Morgan fingerprint density at radius 1 is 1.16 bits per heavy atom. The summed E-state index contributed by atoms with van der Waals surface area (Å²) >= 11 is 1.89. The summed E-state index contributed by atoms with van der Waals surface area (Å²) in [6, 6.07) is 6.14. The first-order valence-electron chi connectivity index (χ1n) is 6.73. The highest BCUT2D eigenvalue weighted by Crippen LogP contribution is 2.30. The van der Waals surface area contributed by atoms with E-state index < -0.39 is 0 Å². The van der Waals surface area contributed by atoms with E-state index in [1.54, 1.807) is 0 Å². The number of thioether (sulfide) groups is 1. The van der Waals surface area contributed by atoms with Crippen molar-refractivity contribution in [3.63, 3.8) is 0 Å². The molecule has 2 rings (SSSR count). The van der Waals surface area contributed by atoms with Gasteiger partial charge < -0.3 is 10.6 Å². The first-order valence-corrected chi connectivity index (χ1v) is 7.72. The number of nitrogens with two attached hydrogens (primary N) is 1. The Bertz CT molecular complexity index is 538. The maximum absolute atomic E-state index is 5.99. The van der Waals surface area contributed by atoms with Crippen molar-refractivity contribution in [2.75, 3.05) is 31.1 Å². The molecule has 1 aromatic heterocycles. The van der Waals surface area contributed by atoms with Gasteiger partial charge in [0, 0.05) is 46.0 Å². The lowest BCUT2D eigenvalue weighted by atomic mass is 10.1. The van der Waals surface area contributed by atoms with E-state index in [2.05, 4.69) is 29.8 Å². The molecule has 0 bridgehead atoms. The molecule has 0 aliphatic heterocycles. The molecule has 0 fully saturated rings. The van der Waals surface area contributed by atoms with E-state index in [4.69, 9.17) is 5.73 Å². The second-order valence-electron chi connectivity index (χ2n) is 4.45. The van der Waals surface area contributed by atoms with E-state index in [1.807, 2.05) is 36.3 Å². The van der Waals surface area contributed by atoms with Gasteiger partial charge >= 0.3 is 0 Å². The van der Waals surface area contributed by atoms with Crippen LogP contribution >= 0.6 is 11.8 Å². The fourth-order valence-electron chi connectivity index (χ4n) is 2.13. The van der Waals surface area contributed by atoms with Crippen molar-refractivity contribution < 1.29 is 0 Å². The predicted molar refractivity (Wildman–Crippen MR) is 84.7 cm³/mol. The summed E-state index contributed by atoms with van der Waals surface area (Å²) in [6.07, 6.45) is 3.68. The van der Waals surface area contributed by atoms with E-state index in [0.717, 1.165) is 36.5 Å². The zero-order chi connectivity index (χ0) is 13.7. The summed E-state index contributed by atoms with van der Waals surface area (Å²) in [6.45, 7) is 7.76. The van der Waals surface area contributed by atoms with Crippen LogP contribution in [0, 0.1) is 0 Å². The quantitative estimate of drug-likeness (QED) is 0.649. The van der Waals surface area contributed by atoms with Crippen LogP contribution in [0.1, 0.15) is 13.8 Å². The smallest absolute Gasteiger partial charge is 0.0410 e. The van der Waals surface area contributed by atoms with Gasteiger partial charge in [0.1, 0.15) is 0 Å². The average molecular weight is 275 g/mol. The highest BCUT2D eigenvalue weighted by Gasteiger charge is 2.05. The highest BCUT2D eigenvalue weighted by atomic mass is 32.2. The molecular formula is C15H21N3S. The normalized spacial score (nSPS) is 11.3. The Morgan fingerprint density at radius 2 is 1.95 bits per heavy atom. The van der Waals surface area contributed by atoms with Gasteiger partial charge in [-0.2, -0.15) is 0 Å². The molecule has 102 valence electrons. The van der Waals surface area contributed by atoms with Gasteiger partial charge in [-0.25, -0.2) is 0 Å². The third-order valence-electron chi connectivity index (χ3n) is 3.37. The summed E-state index contributed by atoms with van der Waals surface area (Å²) in [5.41, 5.74) is 6.79. The molecule has 0 atom stereocenters. The Kier molecular flexibility index (Phi) is 5.05. The fraction of sp³-hybridized carbons (Fsp3) is 0.400. The van der Waals surface area contributed by atoms with Gasteiger partial charge in [-0.15, -0.1) is 11.8 Å². The number of benzene rings is 1. The highest BCUT2D eigenvalue weighted by molar-refractivity contribution is 7.99. The van der Waals surface area contributed by atoms with Gasteiger partial charge in [-0.1, -0.05) is 13.8 Å². The van der Waals surface area contributed by atoms with E-state index in [9.17, 15) is 0 Å². The van der Waals surface area contributed by atoms with Gasteiger partial charge in [0.15, 0.2) is 0 Å². The monoisotopic (exact) mass is 275 g/mol. The third kappa shape index (κ3) is 3.39. The number of nitrogens with zero attached hydrogens (tertiary/aromatic N) is 2. The zero-order valence-electron chi connectivity index (χ0n) is 11.6. The van der Waals surface area contributed by atoms with Gasteiger partial charge in [0.2, 0.25) is 0 Å². The van der Waals surface area contributed by atoms with Crippen molar-refractivity contribution in [3.05, 3.63) is 30.6 Å². The van der Waals surface area contributed by atoms with Crippen LogP contribution < -0.4 is 5.73 Å². The maximum atomic E-state index is 5.99. The van der Waals surface area contributed by atoms with Crippen LogP contribution in [0.15, 0.2) is 35.5 Å². The lowest BCUT2D eigenvalue weighted by Crippen LogP contribution is -2.25. The number of anilines is 1. The first kappa shape index (κ1) is 14.2. The van der Waals surface area contributed by atoms with Gasteiger partial charge in [-0.05, 0) is 31.3 Å². The number of pyridine rings is 1. The molecule has 1 heterocycles. The number of hydrogen-bond acceptors (Lipinski definition) is 4. The molecule has 0 aliphatic carbocycles. The van der Waals surface area contributed by atoms with Crippen molar-refractivity contribution in [2.24, 2.45) is 0 Å². The average Bonchev–Trinajstić information content (AvgIpc) is 2.46. The standard InChI is InChI=1S/C15H21N3S/c1-3-18(4-2)9-10-19-15-6-5-14(16)13-11-17-8-7-12(13)15/h5-8,11H,3-4,9-10,16H2,1-2H3. The molecule has 3 nitrogen and oxygen atoms in total. The second-order valence-corrected chi connectivity index (χ2v) is 5.59. The van der Waals surface area contributed by atoms with Crippen LogP contribution in [0.25, 0.3) is 10.8 Å². The second kappa shape index (κ2) is 6.78. The molecule has 0 unspecified atom stereocenters. The van der Waals surface area contributed by atoms with Crippen molar-refractivity contribution in [3.8, 4) is 0 Å². The zero-order valence-corrected chi connectivity index (χ0v) is 12.4. The van der Waals surface area contributed by atoms with Gasteiger partial charge in [0.25, 0.3) is 0 Å².